The van der Waals surface area contributed by atoms with Crippen LogP contribution in [0.3, 0.4) is 0 Å². The number of ether oxygens (including phenoxy) is 1. The van der Waals surface area contributed by atoms with Crippen molar-refractivity contribution in [2.45, 2.75) is 42.3 Å². The molecule has 4 rings (SSSR count). The number of anilines is 1. The first-order chi connectivity index (χ1) is 13.7. The van der Waals surface area contributed by atoms with Gasteiger partial charge in [-0.25, -0.2) is 0 Å². The monoisotopic (exact) mass is 411 g/mol. The summed E-state index contributed by atoms with van der Waals surface area (Å²) in [6, 6.07) is 18.1. The van der Waals surface area contributed by atoms with E-state index in [4.69, 9.17) is 4.74 Å². The number of hydrogen-bond acceptors (Lipinski definition) is 6. The fourth-order valence-electron chi connectivity index (χ4n) is 2.81. The highest BCUT2D eigenvalue weighted by molar-refractivity contribution is 8.00. The van der Waals surface area contributed by atoms with Crippen LogP contribution in [0.15, 0.2) is 58.9 Å². The minimum absolute atomic E-state index is 0.122. The Balaban J connectivity index is 1.44. The third-order valence-corrected chi connectivity index (χ3v) is 6.48. The van der Waals surface area contributed by atoms with Crippen LogP contribution in [0.5, 0.6) is 11.5 Å². The predicted molar refractivity (Wildman–Crippen MR) is 113 cm³/mol. The molecule has 1 saturated carbocycles. The summed E-state index contributed by atoms with van der Waals surface area (Å²) in [7, 11) is 0. The number of rotatable bonds is 8. The Hall–Kier alpha value is -2.38. The van der Waals surface area contributed by atoms with E-state index < -0.39 is 0 Å². The van der Waals surface area contributed by atoms with Gasteiger partial charge in [0.25, 0.3) is 0 Å². The average molecular weight is 412 g/mol. The zero-order chi connectivity index (χ0) is 19.3. The molecule has 1 amide bonds. The van der Waals surface area contributed by atoms with Gasteiger partial charge in [-0.2, -0.15) is 0 Å². The maximum absolute atomic E-state index is 12.2. The van der Waals surface area contributed by atoms with Crippen molar-refractivity contribution < 1.29 is 9.53 Å². The molecule has 1 fully saturated rings. The summed E-state index contributed by atoms with van der Waals surface area (Å²) < 4.78 is 6.89. The van der Waals surface area contributed by atoms with Gasteiger partial charge in [0, 0.05) is 23.8 Å². The lowest BCUT2D eigenvalue weighted by Gasteiger charge is -2.17. The summed E-state index contributed by atoms with van der Waals surface area (Å²) in [5.74, 6) is 2.50. The van der Waals surface area contributed by atoms with Gasteiger partial charge in [0.2, 0.25) is 11.0 Å². The molecule has 1 aliphatic carbocycles. The lowest BCUT2D eigenvalue weighted by molar-refractivity contribution is -0.118. The van der Waals surface area contributed by atoms with Crippen LogP contribution in [0.4, 0.5) is 5.13 Å². The fourth-order valence-corrected chi connectivity index (χ4v) is 4.73. The van der Waals surface area contributed by atoms with E-state index in [9.17, 15) is 4.79 Å². The largest absolute Gasteiger partial charge is 0.457 e. The van der Waals surface area contributed by atoms with Gasteiger partial charge in [0.1, 0.15) is 11.5 Å². The molecule has 0 aliphatic heterocycles. The van der Waals surface area contributed by atoms with E-state index in [1.807, 2.05) is 60.4 Å². The minimum Gasteiger partial charge on any atom is -0.457 e. The molecule has 0 N–H and O–H groups in total. The van der Waals surface area contributed by atoms with Gasteiger partial charge >= 0.3 is 0 Å². The van der Waals surface area contributed by atoms with Crippen molar-refractivity contribution in [3.05, 3.63) is 60.2 Å². The Kier molecular flexibility index (Phi) is 5.92. The molecule has 2 aromatic carbocycles. The summed E-state index contributed by atoms with van der Waals surface area (Å²) >= 11 is 3.10. The molecule has 3 aromatic rings. The SMILES string of the molecule is CCC(=O)N(c1nnc(SCc2ccccc2Oc2ccccc2)s1)C1CC1. The fraction of sp³-hybridized carbons (Fsp3) is 0.286. The summed E-state index contributed by atoms with van der Waals surface area (Å²) in [6.07, 6.45) is 2.60. The van der Waals surface area contributed by atoms with Crippen LogP contribution in [-0.4, -0.2) is 22.1 Å². The van der Waals surface area contributed by atoms with E-state index in [1.165, 1.54) is 11.3 Å². The highest BCUT2D eigenvalue weighted by Gasteiger charge is 2.35. The van der Waals surface area contributed by atoms with E-state index in [0.29, 0.717) is 17.6 Å². The molecule has 1 aromatic heterocycles. The van der Waals surface area contributed by atoms with Crippen molar-refractivity contribution in [2.75, 3.05) is 4.90 Å². The summed E-state index contributed by atoms with van der Waals surface area (Å²) in [4.78, 5) is 14.1. The molecule has 7 heteroatoms. The third-order valence-electron chi connectivity index (χ3n) is 4.38. The van der Waals surface area contributed by atoms with Crippen LogP contribution >= 0.6 is 23.1 Å². The van der Waals surface area contributed by atoms with Gasteiger partial charge in [-0.3, -0.25) is 9.69 Å². The lowest BCUT2D eigenvalue weighted by Crippen LogP contribution is -2.32. The Morgan fingerprint density at radius 2 is 1.89 bits per heavy atom. The number of para-hydroxylation sites is 2. The number of hydrogen-bond donors (Lipinski definition) is 0. The van der Waals surface area contributed by atoms with Gasteiger partial charge in [0.05, 0.1) is 0 Å². The molecule has 0 saturated heterocycles. The third kappa shape index (κ3) is 4.54. The van der Waals surface area contributed by atoms with Crippen molar-refractivity contribution in [3.63, 3.8) is 0 Å². The van der Waals surface area contributed by atoms with Gasteiger partial charge in [-0.1, -0.05) is 66.4 Å². The second-order valence-corrected chi connectivity index (χ2v) is 8.69. The van der Waals surface area contributed by atoms with Gasteiger partial charge in [0.15, 0.2) is 4.34 Å². The maximum Gasteiger partial charge on any atom is 0.228 e. The number of carbonyl (C=O) groups is 1. The van der Waals surface area contributed by atoms with E-state index in [1.54, 1.807) is 11.8 Å². The van der Waals surface area contributed by atoms with Crippen LogP contribution in [0, 0.1) is 0 Å². The number of aromatic nitrogens is 2. The van der Waals surface area contributed by atoms with E-state index >= 15 is 0 Å². The first-order valence-electron chi connectivity index (χ1n) is 9.33. The highest BCUT2D eigenvalue weighted by atomic mass is 32.2. The van der Waals surface area contributed by atoms with E-state index in [-0.39, 0.29) is 5.91 Å². The normalized spacial score (nSPS) is 13.3. The second kappa shape index (κ2) is 8.75. The number of carbonyl (C=O) groups excluding carboxylic acids is 1. The van der Waals surface area contributed by atoms with E-state index in [0.717, 1.165) is 40.0 Å². The van der Waals surface area contributed by atoms with Crippen molar-refractivity contribution >= 4 is 34.1 Å². The lowest BCUT2D eigenvalue weighted by atomic mass is 10.2. The summed E-state index contributed by atoms with van der Waals surface area (Å²) in [5.41, 5.74) is 1.09. The molecule has 0 radical (unpaired) electrons. The zero-order valence-corrected chi connectivity index (χ0v) is 17.2. The molecule has 1 aliphatic rings. The summed E-state index contributed by atoms with van der Waals surface area (Å²) in [5, 5.41) is 9.27. The van der Waals surface area contributed by atoms with Crippen LogP contribution in [-0.2, 0) is 10.5 Å². The Labute approximate surface area is 172 Å². The molecular formula is C21H21N3O2S2. The van der Waals surface area contributed by atoms with Crippen molar-refractivity contribution in [1.29, 1.82) is 0 Å². The topological polar surface area (TPSA) is 55.3 Å². The maximum atomic E-state index is 12.2. The summed E-state index contributed by atoms with van der Waals surface area (Å²) in [6.45, 7) is 1.89. The van der Waals surface area contributed by atoms with E-state index in [2.05, 4.69) is 16.3 Å². The molecule has 28 heavy (non-hydrogen) atoms. The number of amides is 1. The molecule has 5 nitrogen and oxygen atoms in total. The number of nitrogens with zero attached hydrogens (tertiary/aromatic N) is 3. The molecule has 0 bridgehead atoms. The first kappa shape index (κ1) is 19.0. The molecule has 0 atom stereocenters. The first-order valence-corrected chi connectivity index (χ1v) is 11.1. The Morgan fingerprint density at radius 1 is 1.14 bits per heavy atom. The zero-order valence-electron chi connectivity index (χ0n) is 15.6. The minimum atomic E-state index is 0.122. The average Bonchev–Trinajstić information content (AvgIpc) is 3.45. The molecule has 0 spiro atoms. The van der Waals surface area contributed by atoms with Crippen LogP contribution < -0.4 is 9.64 Å². The van der Waals surface area contributed by atoms with Gasteiger partial charge < -0.3 is 4.74 Å². The van der Waals surface area contributed by atoms with Crippen molar-refractivity contribution in [2.24, 2.45) is 0 Å². The quantitative estimate of drug-likeness (QED) is 0.360. The van der Waals surface area contributed by atoms with Gasteiger partial charge in [-0.05, 0) is 31.0 Å². The predicted octanol–water partition coefficient (Wildman–Crippen LogP) is 5.53. The molecule has 1 heterocycles. The van der Waals surface area contributed by atoms with Crippen LogP contribution in [0.2, 0.25) is 0 Å². The Bertz CT molecular complexity index is 942. The smallest absolute Gasteiger partial charge is 0.228 e. The Morgan fingerprint density at radius 3 is 2.64 bits per heavy atom. The van der Waals surface area contributed by atoms with Crippen molar-refractivity contribution in [1.82, 2.24) is 10.2 Å². The van der Waals surface area contributed by atoms with Crippen LogP contribution in [0.1, 0.15) is 31.7 Å². The molecule has 144 valence electrons. The second-order valence-electron chi connectivity index (χ2n) is 6.51. The molecular weight excluding hydrogens is 390 g/mol. The number of thioether (sulfide) groups is 1. The standard InChI is InChI=1S/C21H21N3O2S2/c1-2-19(25)24(16-12-13-16)20-22-23-21(28-20)27-14-15-8-6-7-11-18(15)26-17-9-4-3-5-10-17/h3-11,16H,2,12-14H2,1H3. The van der Waals surface area contributed by atoms with Crippen molar-refractivity contribution in [3.8, 4) is 11.5 Å². The van der Waals surface area contributed by atoms with Gasteiger partial charge in [-0.15, -0.1) is 10.2 Å². The number of benzene rings is 2. The van der Waals surface area contributed by atoms with Crippen LogP contribution in [0.25, 0.3) is 0 Å². The molecule has 0 unspecified atom stereocenters. The highest BCUT2D eigenvalue weighted by Crippen LogP contribution is 2.38.